The van der Waals surface area contributed by atoms with Crippen LogP contribution in [0.4, 0.5) is 5.82 Å². The van der Waals surface area contributed by atoms with E-state index in [9.17, 15) is 4.79 Å². The highest BCUT2D eigenvalue weighted by Crippen LogP contribution is 2.26. The van der Waals surface area contributed by atoms with Gasteiger partial charge in [0.1, 0.15) is 11.6 Å². The first kappa shape index (κ1) is 18.1. The van der Waals surface area contributed by atoms with Crippen LogP contribution in [0.5, 0.6) is 0 Å². The van der Waals surface area contributed by atoms with Gasteiger partial charge in [-0.05, 0) is 27.4 Å². The maximum Gasteiger partial charge on any atom is 0.224 e. The van der Waals surface area contributed by atoms with Gasteiger partial charge in [-0.2, -0.15) is 0 Å². The van der Waals surface area contributed by atoms with Crippen LogP contribution >= 0.6 is 0 Å². The Hall–Kier alpha value is -1.73. The fourth-order valence-electron chi connectivity index (χ4n) is 3.37. The minimum atomic E-state index is 0.236. The normalized spacial score (nSPS) is 21.9. The maximum atomic E-state index is 12.4. The molecule has 0 spiro atoms. The Bertz CT molecular complexity index is 601. The van der Waals surface area contributed by atoms with E-state index in [0.717, 1.165) is 63.1 Å². The van der Waals surface area contributed by atoms with E-state index in [1.165, 1.54) is 0 Å². The average Bonchev–Trinajstić information content (AvgIpc) is 3.04. The number of hydrogen-bond acceptors (Lipinski definition) is 6. The Kier molecular flexibility index (Phi) is 5.86. The van der Waals surface area contributed by atoms with Crippen molar-refractivity contribution in [3.8, 4) is 0 Å². The summed E-state index contributed by atoms with van der Waals surface area (Å²) in [5.41, 5.74) is 1.07. The molecule has 0 radical (unpaired) electrons. The van der Waals surface area contributed by atoms with E-state index in [1.54, 1.807) is 0 Å². The van der Waals surface area contributed by atoms with Crippen LogP contribution in [0.25, 0.3) is 0 Å². The third-order valence-electron chi connectivity index (χ3n) is 4.92. The predicted octanol–water partition coefficient (Wildman–Crippen LogP) is 0.889. The van der Waals surface area contributed by atoms with E-state index in [1.807, 2.05) is 25.9 Å². The lowest BCUT2D eigenvalue weighted by Crippen LogP contribution is -2.38. The van der Waals surface area contributed by atoms with Crippen molar-refractivity contribution in [3.63, 3.8) is 0 Å². The van der Waals surface area contributed by atoms with Gasteiger partial charge in [0.15, 0.2) is 0 Å². The van der Waals surface area contributed by atoms with Crippen LogP contribution in [-0.2, 0) is 9.53 Å². The van der Waals surface area contributed by atoms with Crippen molar-refractivity contribution in [2.24, 2.45) is 0 Å². The molecule has 3 rings (SSSR count). The van der Waals surface area contributed by atoms with Gasteiger partial charge in [-0.1, -0.05) is 0 Å². The molecule has 2 saturated heterocycles. The molecular formula is C18H29N5O2. The Morgan fingerprint density at radius 2 is 2.12 bits per heavy atom. The van der Waals surface area contributed by atoms with Crippen LogP contribution in [-0.4, -0.2) is 85.7 Å². The number of ether oxygens (including phenoxy) is 1. The molecule has 3 heterocycles. The number of aromatic nitrogens is 2. The number of likely N-dealkylation sites (N-methyl/N-ethyl adjacent to an activating group) is 1. The molecule has 7 nitrogen and oxygen atoms in total. The summed E-state index contributed by atoms with van der Waals surface area (Å²) in [7, 11) is 4.07. The lowest BCUT2D eigenvalue weighted by molar-refractivity contribution is -0.130. The molecule has 1 aromatic heterocycles. The molecule has 0 bridgehead atoms. The first-order valence-electron chi connectivity index (χ1n) is 9.13. The molecule has 25 heavy (non-hydrogen) atoms. The summed E-state index contributed by atoms with van der Waals surface area (Å²) in [5, 5.41) is 0. The fourth-order valence-corrected chi connectivity index (χ4v) is 3.37. The number of aryl methyl sites for hydroxylation is 1. The second kappa shape index (κ2) is 8.10. The highest BCUT2D eigenvalue weighted by molar-refractivity contribution is 5.77. The van der Waals surface area contributed by atoms with E-state index in [0.29, 0.717) is 18.9 Å². The molecule has 0 aromatic carbocycles. The van der Waals surface area contributed by atoms with Gasteiger partial charge in [0.05, 0.1) is 12.3 Å². The van der Waals surface area contributed by atoms with Crippen molar-refractivity contribution in [2.75, 3.05) is 64.9 Å². The summed E-state index contributed by atoms with van der Waals surface area (Å²) in [6.07, 6.45) is 1.56. The quantitative estimate of drug-likeness (QED) is 0.788. The topological polar surface area (TPSA) is 61.8 Å². The molecule has 0 unspecified atom stereocenters. The number of hydrogen-bond donors (Lipinski definition) is 0. The smallest absolute Gasteiger partial charge is 0.224 e. The van der Waals surface area contributed by atoms with Gasteiger partial charge in [-0.15, -0.1) is 0 Å². The largest absolute Gasteiger partial charge is 0.381 e. The molecule has 7 heteroatoms. The summed E-state index contributed by atoms with van der Waals surface area (Å²) in [4.78, 5) is 27.9. The second-order valence-corrected chi connectivity index (χ2v) is 7.18. The number of rotatable bonds is 5. The first-order chi connectivity index (χ1) is 12.0. The van der Waals surface area contributed by atoms with E-state index >= 15 is 0 Å². The molecule has 2 aliphatic rings. The van der Waals surface area contributed by atoms with Crippen LogP contribution in [0.15, 0.2) is 6.07 Å². The van der Waals surface area contributed by atoms with Gasteiger partial charge in [0.2, 0.25) is 5.91 Å². The third kappa shape index (κ3) is 4.67. The molecule has 138 valence electrons. The fraction of sp³-hybridized carbons (Fsp3) is 0.722. The zero-order chi connectivity index (χ0) is 17.8. The lowest BCUT2D eigenvalue weighted by atomic mass is 10.0. The van der Waals surface area contributed by atoms with Crippen molar-refractivity contribution in [3.05, 3.63) is 17.6 Å². The number of nitrogens with zero attached hydrogens (tertiary/aromatic N) is 5. The van der Waals surface area contributed by atoms with Crippen molar-refractivity contribution >= 4 is 11.7 Å². The zero-order valence-corrected chi connectivity index (χ0v) is 15.6. The minimum Gasteiger partial charge on any atom is -0.381 e. The number of carbonyl (C=O) groups excluding carboxylic acids is 1. The van der Waals surface area contributed by atoms with Gasteiger partial charge in [0.25, 0.3) is 0 Å². The summed E-state index contributed by atoms with van der Waals surface area (Å²) in [6.45, 7) is 7.45. The second-order valence-electron chi connectivity index (χ2n) is 7.18. The van der Waals surface area contributed by atoms with Crippen molar-refractivity contribution in [1.29, 1.82) is 0 Å². The Labute approximate surface area is 150 Å². The molecule has 1 aromatic rings. The summed E-state index contributed by atoms with van der Waals surface area (Å²) >= 11 is 0. The molecule has 2 aliphatic heterocycles. The monoisotopic (exact) mass is 347 g/mol. The summed E-state index contributed by atoms with van der Waals surface area (Å²) in [5.74, 6) is 2.33. The van der Waals surface area contributed by atoms with Gasteiger partial charge in [-0.3, -0.25) is 4.79 Å². The van der Waals surface area contributed by atoms with Gasteiger partial charge < -0.3 is 19.4 Å². The maximum absolute atomic E-state index is 12.4. The first-order valence-corrected chi connectivity index (χ1v) is 9.13. The molecule has 2 fully saturated rings. The standard InChI is InChI=1S/C18H29N5O2/c1-14-19-16(15-5-11-25-13-15)12-17(20-14)22-6-4-18(24)23(10-9-22)8-7-21(2)3/h12,15H,4-11,13H2,1-3H3/t15-/m0/s1. The van der Waals surface area contributed by atoms with Gasteiger partial charge >= 0.3 is 0 Å². The molecular weight excluding hydrogens is 318 g/mol. The molecule has 1 atom stereocenters. The Morgan fingerprint density at radius 3 is 2.84 bits per heavy atom. The van der Waals surface area contributed by atoms with Gasteiger partial charge in [-0.25, -0.2) is 9.97 Å². The summed E-state index contributed by atoms with van der Waals surface area (Å²) in [6, 6.07) is 2.09. The number of anilines is 1. The third-order valence-corrected chi connectivity index (χ3v) is 4.92. The van der Waals surface area contributed by atoms with Crippen LogP contribution in [0.2, 0.25) is 0 Å². The van der Waals surface area contributed by atoms with E-state index in [-0.39, 0.29) is 5.91 Å². The minimum absolute atomic E-state index is 0.236. The van der Waals surface area contributed by atoms with Crippen molar-refractivity contribution in [2.45, 2.75) is 25.7 Å². The molecule has 0 saturated carbocycles. The highest BCUT2D eigenvalue weighted by atomic mass is 16.5. The highest BCUT2D eigenvalue weighted by Gasteiger charge is 2.24. The lowest BCUT2D eigenvalue weighted by Gasteiger charge is -2.24. The van der Waals surface area contributed by atoms with Crippen LogP contribution < -0.4 is 4.90 Å². The van der Waals surface area contributed by atoms with Crippen molar-refractivity contribution in [1.82, 2.24) is 19.8 Å². The number of amides is 1. The van der Waals surface area contributed by atoms with E-state index < -0.39 is 0 Å². The average molecular weight is 347 g/mol. The Morgan fingerprint density at radius 1 is 1.28 bits per heavy atom. The SMILES string of the molecule is Cc1nc([C@H]2CCOC2)cc(N2CCC(=O)N(CCN(C)C)CC2)n1. The zero-order valence-electron chi connectivity index (χ0n) is 15.6. The molecule has 0 N–H and O–H groups in total. The van der Waals surface area contributed by atoms with Gasteiger partial charge in [0, 0.05) is 57.7 Å². The molecule has 1 amide bonds. The van der Waals surface area contributed by atoms with Crippen LogP contribution in [0.3, 0.4) is 0 Å². The van der Waals surface area contributed by atoms with Crippen molar-refractivity contribution < 1.29 is 9.53 Å². The molecule has 0 aliphatic carbocycles. The Balaban J connectivity index is 1.70. The van der Waals surface area contributed by atoms with Crippen LogP contribution in [0, 0.1) is 6.92 Å². The van der Waals surface area contributed by atoms with Crippen LogP contribution in [0.1, 0.15) is 30.3 Å². The summed E-state index contributed by atoms with van der Waals surface area (Å²) < 4.78 is 5.50. The predicted molar refractivity (Wildman–Crippen MR) is 96.9 cm³/mol. The van der Waals surface area contributed by atoms with E-state index in [2.05, 4.69) is 25.8 Å². The van der Waals surface area contributed by atoms with E-state index in [4.69, 9.17) is 4.74 Å². The number of carbonyl (C=O) groups is 1.